The van der Waals surface area contributed by atoms with E-state index in [-0.39, 0.29) is 23.5 Å². The smallest absolute Gasteiger partial charge is 0.337 e. The molecular weight excluding hydrogens is 328 g/mol. The van der Waals surface area contributed by atoms with Gasteiger partial charge in [-0.3, -0.25) is 14.9 Å². The molecule has 2 aromatic carbocycles. The van der Waals surface area contributed by atoms with Crippen LogP contribution in [0.1, 0.15) is 26.3 Å². The Kier molecular flexibility index (Phi) is 5.67. The Balaban J connectivity index is 2.06. The number of hydrogen-bond donors (Lipinski definition) is 1. The molecule has 2 rings (SSSR count). The van der Waals surface area contributed by atoms with Gasteiger partial charge in [0.05, 0.1) is 24.7 Å². The molecule has 0 heterocycles. The zero-order valence-electron chi connectivity index (χ0n) is 13.6. The Morgan fingerprint density at radius 3 is 2.28 bits per heavy atom. The van der Waals surface area contributed by atoms with E-state index in [1.165, 1.54) is 26.4 Å². The van der Waals surface area contributed by atoms with Crippen molar-refractivity contribution in [2.75, 3.05) is 14.2 Å². The lowest BCUT2D eigenvalue weighted by atomic mass is 10.1. The van der Waals surface area contributed by atoms with E-state index in [9.17, 15) is 19.7 Å². The Labute approximate surface area is 143 Å². The van der Waals surface area contributed by atoms with Crippen molar-refractivity contribution in [3.8, 4) is 5.75 Å². The molecule has 0 fully saturated rings. The summed E-state index contributed by atoms with van der Waals surface area (Å²) < 4.78 is 9.51. The first kappa shape index (κ1) is 17.9. The number of carbonyl (C=O) groups is 2. The number of ether oxygens (including phenoxy) is 2. The second-order valence-corrected chi connectivity index (χ2v) is 5.01. The molecule has 0 aliphatic rings. The minimum atomic E-state index is -0.610. The highest BCUT2D eigenvalue weighted by molar-refractivity contribution is 5.95. The monoisotopic (exact) mass is 344 g/mol. The molecule has 0 atom stereocenters. The van der Waals surface area contributed by atoms with Crippen molar-refractivity contribution in [2.24, 2.45) is 0 Å². The largest absolute Gasteiger partial charge is 0.490 e. The predicted molar refractivity (Wildman–Crippen MR) is 88.6 cm³/mol. The number of benzene rings is 2. The number of nitrogens with one attached hydrogen (secondary N) is 1. The van der Waals surface area contributed by atoms with Gasteiger partial charge in [-0.15, -0.1) is 0 Å². The van der Waals surface area contributed by atoms with Gasteiger partial charge in [-0.25, -0.2) is 4.79 Å². The van der Waals surface area contributed by atoms with Crippen LogP contribution in [0.3, 0.4) is 0 Å². The van der Waals surface area contributed by atoms with Gasteiger partial charge in [0, 0.05) is 18.2 Å². The van der Waals surface area contributed by atoms with Gasteiger partial charge >= 0.3 is 11.7 Å². The minimum absolute atomic E-state index is 0.0833. The Hall–Kier alpha value is -3.42. The lowest BCUT2D eigenvalue weighted by molar-refractivity contribution is -0.385. The Morgan fingerprint density at radius 1 is 1.08 bits per heavy atom. The molecule has 0 radical (unpaired) electrons. The van der Waals surface area contributed by atoms with Gasteiger partial charge in [-0.05, 0) is 29.8 Å². The molecule has 0 saturated carbocycles. The standard InChI is InChI=1S/C17H16N2O6/c1-24-15-8-7-13(9-14(15)19(22)23)16(20)18-10-11-3-5-12(6-4-11)17(21)25-2/h3-9H,10H2,1-2H3,(H,18,20). The van der Waals surface area contributed by atoms with Crippen LogP contribution in [0.2, 0.25) is 0 Å². The number of hydrogen-bond acceptors (Lipinski definition) is 6. The quantitative estimate of drug-likeness (QED) is 0.489. The van der Waals surface area contributed by atoms with Crippen molar-refractivity contribution >= 4 is 17.6 Å². The first-order valence-corrected chi connectivity index (χ1v) is 7.24. The van der Waals surface area contributed by atoms with E-state index in [4.69, 9.17) is 4.74 Å². The second-order valence-electron chi connectivity index (χ2n) is 5.01. The molecule has 8 nitrogen and oxygen atoms in total. The van der Waals surface area contributed by atoms with Crippen LogP contribution in [0, 0.1) is 10.1 Å². The molecule has 1 amide bonds. The summed E-state index contributed by atoms with van der Waals surface area (Å²) in [6.07, 6.45) is 0. The van der Waals surface area contributed by atoms with Gasteiger partial charge in [0.15, 0.2) is 5.75 Å². The van der Waals surface area contributed by atoms with Gasteiger partial charge in [0.25, 0.3) is 5.91 Å². The number of carbonyl (C=O) groups excluding carboxylic acids is 2. The van der Waals surface area contributed by atoms with E-state index in [1.54, 1.807) is 24.3 Å². The lowest BCUT2D eigenvalue weighted by Crippen LogP contribution is -2.22. The summed E-state index contributed by atoms with van der Waals surface area (Å²) in [5, 5.41) is 13.7. The van der Waals surface area contributed by atoms with Gasteiger partial charge in [-0.2, -0.15) is 0 Å². The van der Waals surface area contributed by atoms with Crippen LogP contribution in [-0.2, 0) is 11.3 Å². The summed E-state index contributed by atoms with van der Waals surface area (Å²) in [5.41, 5.74) is 1.05. The van der Waals surface area contributed by atoms with Gasteiger partial charge in [0.1, 0.15) is 0 Å². The van der Waals surface area contributed by atoms with Crippen LogP contribution in [0.5, 0.6) is 5.75 Å². The van der Waals surface area contributed by atoms with Crippen molar-refractivity contribution < 1.29 is 24.0 Å². The molecule has 0 spiro atoms. The molecule has 0 saturated heterocycles. The average molecular weight is 344 g/mol. The van der Waals surface area contributed by atoms with E-state index in [0.29, 0.717) is 5.56 Å². The van der Waals surface area contributed by atoms with Crippen molar-refractivity contribution in [1.82, 2.24) is 5.32 Å². The van der Waals surface area contributed by atoms with Crippen LogP contribution in [-0.4, -0.2) is 31.0 Å². The number of nitro groups is 1. The van der Waals surface area contributed by atoms with Crippen LogP contribution in [0.15, 0.2) is 42.5 Å². The Morgan fingerprint density at radius 2 is 1.72 bits per heavy atom. The fourth-order valence-electron chi connectivity index (χ4n) is 2.13. The van der Waals surface area contributed by atoms with Crippen LogP contribution in [0.25, 0.3) is 0 Å². The summed E-state index contributed by atoms with van der Waals surface area (Å²) in [6.45, 7) is 0.208. The summed E-state index contributed by atoms with van der Waals surface area (Å²) in [5.74, 6) is -0.816. The zero-order chi connectivity index (χ0) is 18.4. The lowest BCUT2D eigenvalue weighted by Gasteiger charge is -2.07. The highest BCUT2D eigenvalue weighted by Gasteiger charge is 2.18. The third-order valence-corrected chi connectivity index (χ3v) is 3.47. The maximum atomic E-state index is 12.2. The first-order valence-electron chi connectivity index (χ1n) is 7.24. The normalized spacial score (nSPS) is 10.0. The third-order valence-electron chi connectivity index (χ3n) is 3.47. The molecule has 1 N–H and O–H groups in total. The number of nitrogens with zero attached hydrogens (tertiary/aromatic N) is 1. The summed E-state index contributed by atoms with van der Waals surface area (Å²) >= 11 is 0. The number of amides is 1. The highest BCUT2D eigenvalue weighted by Crippen LogP contribution is 2.27. The molecule has 0 aliphatic heterocycles. The highest BCUT2D eigenvalue weighted by atomic mass is 16.6. The number of esters is 1. The fraction of sp³-hybridized carbons (Fsp3) is 0.176. The zero-order valence-corrected chi connectivity index (χ0v) is 13.6. The molecule has 25 heavy (non-hydrogen) atoms. The van der Waals surface area contributed by atoms with Crippen molar-refractivity contribution in [3.05, 3.63) is 69.3 Å². The molecular formula is C17H16N2O6. The van der Waals surface area contributed by atoms with Crippen molar-refractivity contribution in [2.45, 2.75) is 6.54 Å². The van der Waals surface area contributed by atoms with E-state index in [2.05, 4.69) is 10.1 Å². The molecule has 8 heteroatoms. The molecule has 0 unspecified atom stereocenters. The van der Waals surface area contributed by atoms with Crippen LogP contribution in [0.4, 0.5) is 5.69 Å². The number of methoxy groups -OCH3 is 2. The Bertz CT molecular complexity index is 801. The SMILES string of the molecule is COC(=O)c1ccc(CNC(=O)c2ccc(OC)c([N+](=O)[O-])c2)cc1. The molecule has 130 valence electrons. The molecule has 0 aromatic heterocycles. The molecule has 0 bridgehead atoms. The number of rotatable bonds is 6. The van der Waals surface area contributed by atoms with E-state index in [1.807, 2.05) is 0 Å². The summed E-state index contributed by atoms with van der Waals surface area (Å²) in [7, 11) is 2.62. The van der Waals surface area contributed by atoms with Crippen molar-refractivity contribution in [1.29, 1.82) is 0 Å². The van der Waals surface area contributed by atoms with E-state index < -0.39 is 16.8 Å². The second kappa shape index (κ2) is 7.91. The van der Waals surface area contributed by atoms with Crippen molar-refractivity contribution in [3.63, 3.8) is 0 Å². The van der Waals surface area contributed by atoms with Gasteiger partial charge in [-0.1, -0.05) is 12.1 Å². The third kappa shape index (κ3) is 4.31. The maximum Gasteiger partial charge on any atom is 0.337 e. The molecule has 2 aromatic rings. The summed E-state index contributed by atoms with van der Waals surface area (Å²) in [4.78, 5) is 33.9. The van der Waals surface area contributed by atoms with Gasteiger partial charge in [0.2, 0.25) is 0 Å². The minimum Gasteiger partial charge on any atom is -0.490 e. The first-order chi connectivity index (χ1) is 12.0. The maximum absolute atomic E-state index is 12.2. The topological polar surface area (TPSA) is 108 Å². The number of nitro benzene ring substituents is 1. The molecule has 0 aliphatic carbocycles. The van der Waals surface area contributed by atoms with Crippen LogP contribution < -0.4 is 10.1 Å². The average Bonchev–Trinajstić information content (AvgIpc) is 2.65. The van der Waals surface area contributed by atoms with E-state index >= 15 is 0 Å². The van der Waals surface area contributed by atoms with Gasteiger partial charge < -0.3 is 14.8 Å². The fourth-order valence-corrected chi connectivity index (χ4v) is 2.13. The van der Waals surface area contributed by atoms with Crippen LogP contribution >= 0.6 is 0 Å². The summed E-state index contributed by atoms with van der Waals surface area (Å²) in [6, 6.07) is 10.5. The van der Waals surface area contributed by atoms with E-state index in [0.717, 1.165) is 11.6 Å². The predicted octanol–water partition coefficient (Wildman–Crippen LogP) is 2.32.